The number of piperazine rings is 1. The number of aromatic hydroxyl groups is 1. The van der Waals surface area contributed by atoms with Gasteiger partial charge >= 0.3 is 0 Å². The van der Waals surface area contributed by atoms with Crippen LogP contribution >= 0.6 is 0 Å². The van der Waals surface area contributed by atoms with E-state index in [1.165, 1.54) is 40.8 Å². The van der Waals surface area contributed by atoms with Gasteiger partial charge < -0.3 is 25.0 Å². The minimum Gasteiger partial charge on any atom is -0.508 e. The number of fused-ring (bicyclic) bond motifs is 6. The summed E-state index contributed by atoms with van der Waals surface area (Å²) in [4.78, 5) is 19.9. The van der Waals surface area contributed by atoms with E-state index in [-0.39, 0.29) is 11.8 Å². The van der Waals surface area contributed by atoms with Gasteiger partial charge in [-0.25, -0.2) is 0 Å². The summed E-state index contributed by atoms with van der Waals surface area (Å²) in [6.07, 6.45) is 4.51. The Balaban J connectivity index is 0.834. The number of rotatable bonds is 5. The monoisotopic (exact) mass is 640 g/mol. The quantitative estimate of drug-likeness (QED) is 0.267. The fourth-order valence-corrected chi connectivity index (χ4v) is 9.29. The number of phenolic OH excluding ortho intramolecular Hbond substituents is 1. The van der Waals surface area contributed by atoms with E-state index in [0.29, 0.717) is 36.8 Å². The third-order valence-electron chi connectivity index (χ3n) is 11.8. The van der Waals surface area contributed by atoms with Gasteiger partial charge in [0.05, 0.1) is 11.7 Å². The van der Waals surface area contributed by atoms with Crippen LogP contribution in [0.2, 0.25) is 0 Å². The highest BCUT2D eigenvalue weighted by Gasteiger charge is 2.37. The first-order chi connectivity index (χ1) is 23.6. The lowest BCUT2D eigenvalue weighted by atomic mass is 9.69. The van der Waals surface area contributed by atoms with Crippen molar-refractivity contribution in [3.8, 4) is 11.5 Å². The van der Waals surface area contributed by atoms with Crippen molar-refractivity contribution in [2.24, 2.45) is 5.92 Å². The number of benzene rings is 4. The van der Waals surface area contributed by atoms with Gasteiger partial charge in [-0.2, -0.15) is 0 Å². The van der Waals surface area contributed by atoms with Gasteiger partial charge in [0.15, 0.2) is 0 Å². The maximum Gasteiger partial charge on any atom is 0.252 e. The van der Waals surface area contributed by atoms with Crippen molar-refractivity contribution in [2.45, 2.75) is 50.1 Å². The highest BCUT2D eigenvalue weighted by Crippen LogP contribution is 2.47. The van der Waals surface area contributed by atoms with Gasteiger partial charge in [-0.05, 0) is 96.2 Å². The van der Waals surface area contributed by atoms with Crippen molar-refractivity contribution < 1.29 is 14.6 Å². The van der Waals surface area contributed by atoms with E-state index in [1.807, 2.05) is 18.2 Å². The number of phenols is 1. The molecule has 7 heteroatoms. The number of carbonyl (C=O) groups excluding carboxylic acids is 1. The van der Waals surface area contributed by atoms with Gasteiger partial charge in [-0.1, -0.05) is 48.5 Å². The summed E-state index contributed by atoms with van der Waals surface area (Å²) in [7, 11) is 0. The molecule has 4 aromatic carbocycles. The zero-order valence-corrected chi connectivity index (χ0v) is 27.5. The molecular weight excluding hydrogens is 596 g/mol. The Morgan fingerprint density at radius 2 is 1.69 bits per heavy atom. The molecule has 48 heavy (non-hydrogen) atoms. The van der Waals surface area contributed by atoms with Crippen LogP contribution in [0.25, 0.3) is 0 Å². The van der Waals surface area contributed by atoms with Gasteiger partial charge in [0.25, 0.3) is 5.91 Å². The van der Waals surface area contributed by atoms with Gasteiger partial charge in [0, 0.05) is 68.5 Å². The van der Waals surface area contributed by atoms with Crippen LogP contribution in [0.5, 0.6) is 11.5 Å². The molecule has 2 fully saturated rings. The average Bonchev–Trinajstić information content (AvgIpc) is 3.52. The topological polar surface area (TPSA) is 68.3 Å². The van der Waals surface area contributed by atoms with Crippen LogP contribution in [0.4, 0.5) is 11.4 Å². The van der Waals surface area contributed by atoms with Crippen molar-refractivity contribution in [3.05, 3.63) is 118 Å². The van der Waals surface area contributed by atoms with Crippen LogP contribution in [0.15, 0.2) is 84.9 Å². The number of anilines is 2. The van der Waals surface area contributed by atoms with Crippen molar-refractivity contribution in [1.82, 2.24) is 10.2 Å². The molecule has 7 nitrogen and oxygen atoms in total. The predicted octanol–water partition coefficient (Wildman–Crippen LogP) is 6.30. The Labute approximate surface area is 283 Å². The Hall–Kier alpha value is -4.49. The molecule has 0 spiro atoms. The molecule has 0 radical (unpaired) electrons. The summed E-state index contributed by atoms with van der Waals surface area (Å²) < 4.78 is 6.31. The fourth-order valence-electron chi connectivity index (χ4n) is 9.29. The number of hydrogen-bond donors (Lipinski definition) is 2. The Morgan fingerprint density at radius 1 is 0.854 bits per heavy atom. The summed E-state index contributed by atoms with van der Waals surface area (Å²) >= 11 is 0. The summed E-state index contributed by atoms with van der Waals surface area (Å²) in [5.41, 5.74) is 9.65. The lowest BCUT2D eigenvalue weighted by Gasteiger charge is -2.47. The molecular formula is C41H44N4O3. The van der Waals surface area contributed by atoms with Crippen LogP contribution in [0, 0.1) is 5.92 Å². The van der Waals surface area contributed by atoms with Crippen molar-refractivity contribution in [1.29, 1.82) is 0 Å². The van der Waals surface area contributed by atoms with E-state index < -0.39 is 0 Å². The van der Waals surface area contributed by atoms with E-state index in [1.54, 1.807) is 0 Å². The van der Waals surface area contributed by atoms with Crippen LogP contribution < -0.4 is 19.9 Å². The highest BCUT2D eigenvalue weighted by molar-refractivity contribution is 6.00. The molecule has 0 bridgehead atoms. The number of hydrogen-bond acceptors (Lipinski definition) is 6. The van der Waals surface area contributed by atoms with Crippen LogP contribution in [0.1, 0.15) is 69.3 Å². The highest BCUT2D eigenvalue weighted by atomic mass is 16.5. The minimum atomic E-state index is 0.0107. The second-order valence-electron chi connectivity index (χ2n) is 14.5. The van der Waals surface area contributed by atoms with Gasteiger partial charge in [0.2, 0.25) is 0 Å². The molecule has 2 N–H and O–H groups in total. The molecule has 9 rings (SSSR count). The molecule has 0 aromatic heterocycles. The van der Waals surface area contributed by atoms with Crippen molar-refractivity contribution >= 4 is 17.3 Å². The molecule has 4 heterocycles. The first-order valence-electron chi connectivity index (χ1n) is 17.9. The Bertz CT molecular complexity index is 1820. The standard InChI is InChI=1S/C41H44N4O3/c46-33-11-13-35-30(22-33)8-12-34(28-4-2-1-3-5-28)39(35)29-6-9-31(10-7-29)44-18-16-27(17-19-44)24-43-20-21-45-32(25-43)26-48-40-37-23-42-41(47)36(37)14-15-38(40)45/h1-7,9-11,13-15,22,27,32,34,39,46H,8,12,16-21,23-26H2,(H,42,47). The second-order valence-corrected chi connectivity index (χ2v) is 14.5. The lowest BCUT2D eigenvalue weighted by Crippen LogP contribution is -2.58. The molecule has 0 saturated carbocycles. The SMILES string of the molecule is O=C1NCc2c1ccc1c2OCC2CN(CC3CCN(c4ccc(C5c6ccc(O)cc6CCC5c5ccccc5)cc4)CC3)CCN12. The molecule has 5 aliphatic rings. The largest absolute Gasteiger partial charge is 0.508 e. The lowest BCUT2D eigenvalue weighted by molar-refractivity contribution is 0.0965. The smallest absolute Gasteiger partial charge is 0.252 e. The molecule has 3 unspecified atom stereocenters. The summed E-state index contributed by atoms with van der Waals surface area (Å²) in [5, 5.41) is 13.1. The van der Waals surface area contributed by atoms with E-state index in [0.717, 1.165) is 74.7 Å². The van der Waals surface area contributed by atoms with Gasteiger partial charge in [-0.3, -0.25) is 9.69 Å². The predicted molar refractivity (Wildman–Crippen MR) is 190 cm³/mol. The first kappa shape index (κ1) is 29.6. The Kier molecular flexibility index (Phi) is 7.53. The van der Waals surface area contributed by atoms with Gasteiger partial charge in [-0.15, -0.1) is 0 Å². The zero-order chi connectivity index (χ0) is 32.2. The summed E-state index contributed by atoms with van der Waals surface area (Å²) in [6, 6.07) is 30.7. The van der Waals surface area contributed by atoms with Crippen LogP contribution in [-0.2, 0) is 13.0 Å². The maximum atomic E-state index is 12.1. The molecule has 1 amide bonds. The van der Waals surface area contributed by atoms with E-state index in [4.69, 9.17) is 4.74 Å². The summed E-state index contributed by atoms with van der Waals surface area (Å²) in [5.74, 6) is 2.70. The Morgan fingerprint density at radius 3 is 2.52 bits per heavy atom. The average molecular weight is 641 g/mol. The number of nitrogens with zero attached hydrogens (tertiary/aromatic N) is 3. The van der Waals surface area contributed by atoms with Crippen LogP contribution in [-0.4, -0.2) is 67.8 Å². The normalized spacial score (nSPS) is 23.8. The number of carbonyl (C=O) groups is 1. The molecule has 3 atom stereocenters. The second kappa shape index (κ2) is 12.2. The third kappa shape index (κ3) is 5.29. The zero-order valence-electron chi connectivity index (χ0n) is 27.5. The third-order valence-corrected chi connectivity index (χ3v) is 11.8. The molecule has 2 saturated heterocycles. The maximum absolute atomic E-state index is 12.1. The molecule has 246 valence electrons. The van der Waals surface area contributed by atoms with Crippen molar-refractivity contribution in [2.75, 3.05) is 55.7 Å². The molecule has 4 aromatic rings. The number of nitrogens with one attached hydrogen (secondary N) is 1. The number of piperidine rings is 1. The van der Waals surface area contributed by atoms with Crippen molar-refractivity contribution in [3.63, 3.8) is 0 Å². The number of aryl methyl sites for hydroxylation is 1. The van der Waals surface area contributed by atoms with E-state index in [9.17, 15) is 9.90 Å². The summed E-state index contributed by atoms with van der Waals surface area (Å²) in [6.45, 7) is 7.71. The fraction of sp³-hybridized carbons (Fsp3) is 0.390. The minimum absolute atomic E-state index is 0.0107. The van der Waals surface area contributed by atoms with Crippen LogP contribution in [0.3, 0.4) is 0 Å². The molecule has 4 aliphatic heterocycles. The van der Waals surface area contributed by atoms with Gasteiger partial charge in [0.1, 0.15) is 18.1 Å². The first-order valence-corrected chi connectivity index (χ1v) is 17.9. The number of ether oxygens (including phenoxy) is 1. The van der Waals surface area contributed by atoms with E-state index >= 15 is 0 Å². The van der Waals surface area contributed by atoms with E-state index in [2.05, 4.69) is 86.7 Å². The molecule has 1 aliphatic carbocycles. The number of amides is 1.